The summed E-state index contributed by atoms with van der Waals surface area (Å²) in [6.45, 7) is 0.151. The van der Waals surface area contributed by atoms with Gasteiger partial charge in [-0.15, -0.1) is 0 Å². The molecule has 138 valence electrons. The van der Waals surface area contributed by atoms with Gasteiger partial charge >= 0.3 is 5.97 Å². The van der Waals surface area contributed by atoms with E-state index in [0.717, 1.165) is 5.56 Å². The van der Waals surface area contributed by atoms with E-state index in [4.69, 9.17) is 31.0 Å². The van der Waals surface area contributed by atoms with Crippen molar-refractivity contribution in [3.05, 3.63) is 53.1 Å². The van der Waals surface area contributed by atoms with Gasteiger partial charge in [-0.2, -0.15) is 0 Å². The number of hydrogen-bond acceptors (Lipinski definition) is 6. The lowest BCUT2D eigenvalue weighted by atomic mass is 10.1. The second-order valence-corrected chi connectivity index (χ2v) is 7.59. The molecule has 0 aromatic heterocycles. The molecule has 0 aliphatic carbocycles. The fraction of sp³-hybridized carbons (Fsp3) is 0.235. The van der Waals surface area contributed by atoms with Crippen molar-refractivity contribution in [2.45, 2.75) is 17.4 Å². The van der Waals surface area contributed by atoms with Gasteiger partial charge in [-0.3, -0.25) is 0 Å². The maximum Gasteiger partial charge on any atom is 0.347 e. The van der Waals surface area contributed by atoms with E-state index in [9.17, 15) is 13.2 Å². The molecule has 0 spiro atoms. The lowest BCUT2D eigenvalue weighted by Crippen LogP contribution is -2.28. The quantitative estimate of drug-likeness (QED) is 0.589. The molecule has 1 heterocycles. The van der Waals surface area contributed by atoms with Crippen molar-refractivity contribution >= 4 is 27.6 Å². The number of halogens is 1. The minimum absolute atomic E-state index is 0.00525. The first kappa shape index (κ1) is 18.5. The molecule has 1 aliphatic rings. The summed E-state index contributed by atoms with van der Waals surface area (Å²) in [4.78, 5) is 12.0. The SMILES string of the molecule is NS(=O)(=O)c1ccc(OCCOC(=O)C2Cc3cc(Cl)ccc3O2)cc1. The Morgan fingerprint density at radius 1 is 1.19 bits per heavy atom. The predicted octanol–water partition coefficient (Wildman–Crippen LogP) is 1.91. The molecular formula is C17H16ClNO6S. The zero-order valence-electron chi connectivity index (χ0n) is 13.6. The van der Waals surface area contributed by atoms with Gasteiger partial charge < -0.3 is 14.2 Å². The van der Waals surface area contributed by atoms with E-state index in [1.165, 1.54) is 24.3 Å². The van der Waals surface area contributed by atoms with Crippen molar-refractivity contribution in [1.29, 1.82) is 0 Å². The first-order valence-electron chi connectivity index (χ1n) is 7.70. The Morgan fingerprint density at radius 3 is 2.62 bits per heavy atom. The average molecular weight is 398 g/mol. The number of hydrogen-bond donors (Lipinski definition) is 1. The molecule has 0 fully saturated rings. The predicted molar refractivity (Wildman–Crippen MR) is 93.8 cm³/mol. The smallest absolute Gasteiger partial charge is 0.347 e. The normalized spacial score (nSPS) is 15.8. The van der Waals surface area contributed by atoms with Gasteiger partial charge in [0.15, 0.2) is 6.10 Å². The molecule has 0 saturated carbocycles. The van der Waals surface area contributed by atoms with Crippen molar-refractivity contribution in [2.24, 2.45) is 5.14 Å². The van der Waals surface area contributed by atoms with Crippen molar-refractivity contribution < 1.29 is 27.4 Å². The second-order valence-electron chi connectivity index (χ2n) is 5.60. The van der Waals surface area contributed by atoms with E-state index >= 15 is 0 Å². The van der Waals surface area contributed by atoms with E-state index in [2.05, 4.69) is 0 Å². The molecule has 0 radical (unpaired) electrons. The number of primary sulfonamides is 1. The van der Waals surface area contributed by atoms with Gasteiger partial charge in [0, 0.05) is 11.4 Å². The first-order valence-corrected chi connectivity index (χ1v) is 9.63. The number of esters is 1. The van der Waals surface area contributed by atoms with Crippen molar-refractivity contribution in [2.75, 3.05) is 13.2 Å². The molecule has 0 saturated heterocycles. The Labute approximate surface area is 155 Å². The number of fused-ring (bicyclic) bond motifs is 1. The molecule has 26 heavy (non-hydrogen) atoms. The van der Waals surface area contributed by atoms with Crippen LogP contribution in [-0.4, -0.2) is 33.7 Å². The first-order chi connectivity index (χ1) is 12.3. The zero-order chi connectivity index (χ0) is 18.7. The van der Waals surface area contributed by atoms with Gasteiger partial charge in [0.05, 0.1) is 4.90 Å². The van der Waals surface area contributed by atoms with E-state index in [-0.39, 0.29) is 18.1 Å². The number of benzene rings is 2. The third-order valence-electron chi connectivity index (χ3n) is 3.71. The van der Waals surface area contributed by atoms with Gasteiger partial charge in [-0.05, 0) is 48.0 Å². The maximum atomic E-state index is 12.0. The van der Waals surface area contributed by atoms with E-state index < -0.39 is 22.1 Å². The molecule has 0 amide bonds. The molecule has 0 bridgehead atoms. The van der Waals surface area contributed by atoms with Crippen LogP contribution in [0.4, 0.5) is 0 Å². The van der Waals surface area contributed by atoms with Gasteiger partial charge in [0.25, 0.3) is 0 Å². The van der Waals surface area contributed by atoms with Crippen LogP contribution >= 0.6 is 11.6 Å². The maximum absolute atomic E-state index is 12.0. The zero-order valence-corrected chi connectivity index (χ0v) is 15.1. The fourth-order valence-electron chi connectivity index (χ4n) is 2.47. The number of rotatable bonds is 6. The number of sulfonamides is 1. The van der Waals surface area contributed by atoms with E-state index in [0.29, 0.717) is 22.9 Å². The summed E-state index contributed by atoms with van der Waals surface area (Å²) >= 11 is 5.92. The summed E-state index contributed by atoms with van der Waals surface area (Å²) in [5.41, 5.74) is 0.866. The lowest BCUT2D eigenvalue weighted by molar-refractivity contribution is -0.151. The standard InChI is InChI=1S/C17H16ClNO6S/c18-12-1-6-15-11(9-12)10-16(25-15)17(20)24-8-7-23-13-2-4-14(5-3-13)26(19,21)22/h1-6,9,16H,7-8,10H2,(H2,19,21,22). The molecule has 1 aliphatic heterocycles. The Balaban J connectivity index is 1.43. The van der Waals surface area contributed by atoms with Crippen LogP contribution in [0.2, 0.25) is 5.02 Å². The van der Waals surface area contributed by atoms with Gasteiger partial charge in [0.1, 0.15) is 24.7 Å². The van der Waals surface area contributed by atoms with Crippen LogP contribution in [0.15, 0.2) is 47.4 Å². The molecule has 2 N–H and O–H groups in total. The molecular weight excluding hydrogens is 382 g/mol. The summed E-state index contributed by atoms with van der Waals surface area (Å²) in [6, 6.07) is 10.8. The van der Waals surface area contributed by atoms with Crippen molar-refractivity contribution in [3.63, 3.8) is 0 Å². The summed E-state index contributed by atoms with van der Waals surface area (Å²) in [5.74, 6) is 0.584. The topological polar surface area (TPSA) is 105 Å². The van der Waals surface area contributed by atoms with E-state index in [1.54, 1.807) is 18.2 Å². The van der Waals surface area contributed by atoms with Crippen LogP contribution in [0, 0.1) is 0 Å². The van der Waals surface area contributed by atoms with Crippen LogP contribution < -0.4 is 14.6 Å². The summed E-state index contributed by atoms with van der Waals surface area (Å²) < 4.78 is 38.4. The summed E-state index contributed by atoms with van der Waals surface area (Å²) in [5, 5.41) is 5.60. The highest BCUT2D eigenvalue weighted by Crippen LogP contribution is 2.31. The monoisotopic (exact) mass is 397 g/mol. The summed E-state index contributed by atoms with van der Waals surface area (Å²) in [6.07, 6.45) is -0.289. The van der Waals surface area contributed by atoms with Crippen LogP contribution in [0.25, 0.3) is 0 Å². The van der Waals surface area contributed by atoms with Crippen LogP contribution in [0.3, 0.4) is 0 Å². The second kappa shape index (κ2) is 7.53. The van der Waals surface area contributed by atoms with Gasteiger partial charge in [-0.1, -0.05) is 11.6 Å². The third kappa shape index (κ3) is 4.46. The highest BCUT2D eigenvalue weighted by Gasteiger charge is 2.30. The molecule has 3 rings (SSSR count). The van der Waals surface area contributed by atoms with Crippen molar-refractivity contribution in [1.82, 2.24) is 0 Å². The third-order valence-corrected chi connectivity index (χ3v) is 4.87. The largest absolute Gasteiger partial charge is 0.490 e. The van der Waals surface area contributed by atoms with Gasteiger partial charge in [0.2, 0.25) is 10.0 Å². The van der Waals surface area contributed by atoms with Crippen molar-refractivity contribution in [3.8, 4) is 11.5 Å². The number of carbonyl (C=O) groups excluding carboxylic acids is 1. The molecule has 1 atom stereocenters. The van der Waals surface area contributed by atoms with Gasteiger partial charge in [-0.25, -0.2) is 18.4 Å². The van der Waals surface area contributed by atoms with Crippen LogP contribution in [0.1, 0.15) is 5.56 Å². The number of ether oxygens (including phenoxy) is 3. The minimum Gasteiger partial charge on any atom is -0.490 e. The van der Waals surface area contributed by atoms with Crippen LogP contribution in [0.5, 0.6) is 11.5 Å². The molecule has 2 aromatic carbocycles. The molecule has 7 nitrogen and oxygen atoms in total. The Bertz CT molecular complexity index is 913. The van der Waals surface area contributed by atoms with Crippen LogP contribution in [-0.2, 0) is 26.0 Å². The molecule has 2 aromatic rings. The minimum atomic E-state index is -3.74. The highest BCUT2D eigenvalue weighted by molar-refractivity contribution is 7.89. The Kier molecular flexibility index (Phi) is 5.36. The highest BCUT2D eigenvalue weighted by atomic mass is 35.5. The van der Waals surface area contributed by atoms with E-state index in [1.807, 2.05) is 0 Å². The number of carbonyl (C=O) groups is 1. The summed E-state index contributed by atoms with van der Waals surface area (Å²) in [7, 11) is -3.74. The Morgan fingerprint density at radius 2 is 1.92 bits per heavy atom. The fourth-order valence-corrected chi connectivity index (χ4v) is 3.18. The Hall–Kier alpha value is -2.29. The average Bonchev–Trinajstić information content (AvgIpc) is 3.01. The molecule has 1 unspecified atom stereocenters. The lowest BCUT2D eigenvalue weighted by Gasteiger charge is -2.11. The molecule has 9 heteroatoms. The number of nitrogens with two attached hydrogens (primary N) is 1.